The maximum atomic E-state index is 12.8. The minimum absolute atomic E-state index is 0.0138. The van der Waals surface area contributed by atoms with Crippen molar-refractivity contribution in [3.8, 4) is 0 Å². The van der Waals surface area contributed by atoms with Crippen LogP contribution in [0.1, 0.15) is 75.2 Å². The molecule has 1 saturated carbocycles. The van der Waals surface area contributed by atoms with E-state index in [0.29, 0.717) is 28.9 Å². The van der Waals surface area contributed by atoms with Crippen LogP contribution in [0.15, 0.2) is 29.4 Å². The number of thioether (sulfide) groups is 1. The molecule has 0 spiro atoms. The number of hydrogen-bond donors (Lipinski definition) is 1. The number of amides is 1. The SMILES string of the molecule is CCCC(=O)Nc1ccc(C(=O)[C@@H](C)Sc2nnnn2C2CCCCC2)cc1. The number of carbonyl (C=O) groups is 2. The van der Waals surface area contributed by atoms with Gasteiger partial charge in [-0.2, -0.15) is 0 Å². The summed E-state index contributed by atoms with van der Waals surface area (Å²) in [4.78, 5) is 24.5. The molecule has 1 aliphatic rings. The molecule has 0 bridgehead atoms. The number of nitrogens with zero attached hydrogens (tertiary/aromatic N) is 4. The number of hydrogen-bond acceptors (Lipinski definition) is 6. The molecular weight excluding hydrogens is 374 g/mol. The largest absolute Gasteiger partial charge is 0.326 e. The van der Waals surface area contributed by atoms with E-state index < -0.39 is 0 Å². The molecule has 1 N–H and O–H groups in total. The third-order valence-corrected chi connectivity index (χ3v) is 6.01. The molecule has 1 aromatic heterocycles. The molecule has 0 aliphatic heterocycles. The van der Waals surface area contributed by atoms with Crippen molar-refractivity contribution in [1.82, 2.24) is 20.2 Å². The van der Waals surface area contributed by atoms with Gasteiger partial charge in [-0.1, -0.05) is 37.9 Å². The Hall–Kier alpha value is -2.22. The number of Topliss-reactive ketones (excluding diaryl/α,β-unsaturated/α-hetero) is 1. The van der Waals surface area contributed by atoms with E-state index in [1.165, 1.54) is 31.0 Å². The highest BCUT2D eigenvalue weighted by atomic mass is 32.2. The van der Waals surface area contributed by atoms with Crippen molar-refractivity contribution in [3.05, 3.63) is 29.8 Å². The van der Waals surface area contributed by atoms with Crippen molar-refractivity contribution in [3.63, 3.8) is 0 Å². The standard InChI is InChI=1S/C20H27N5O2S/c1-3-7-18(26)21-16-12-10-15(11-13-16)19(27)14(2)28-20-22-23-24-25(20)17-8-5-4-6-9-17/h10-14,17H,3-9H2,1-2H3,(H,21,26)/t14-/m1/s1. The third-order valence-electron chi connectivity index (χ3n) is 4.96. The number of tetrazole rings is 1. The zero-order valence-electron chi connectivity index (χ0n) is 16.4. The molecule has 0 saturated heterocycles. The van der Waals surface area contributed by atoms with Crippen LogP contribution in [0.25, 0.3) is 0 Å². The summed E-state index contributed by atoms with van der Waals surface area (Å²) in [6, 6.07) is 7.38. The number of nitrogens with one attached hydrogen (secondary N) is 1. The quantitative estimate of drug-likeness (QED) is 0.524. The molecule has 8 heteroatoms. The fourth-order valence-corrected chi connectivity index (χ4v) is 4.37. The van der Waals surface area contributed by atoms with E-state index in [9.17, 15) is 9.59 Å². The zero-order valence-corrected chi connectivity index (χ0v) is 17.2. The monoisotopic (exact) mass is 401 g/mol. The molecule has 1 atom stereocenters. The van der Waals surface area contributed by atoms with Crippen LogP contribution in [0.3, 0.4) is 0 Å². The second-order valence-electron chi connectivity index (χ2n) is 7.20. The van der Waals surface area contributed by atoms with Gasteiger partial charge in [0.15, 0.2) is 5.78 Å². The summed E-state index contributed by atoms with van der Waals surface area (Å²) in [6.07, 6.45) is 7.14. The lowest BCUT2D eigenvalue weighted by Crippen LogP contribution is -2.18. The zero-order chi connectivity index (χ0) is 19.9. The van der Waals surface area contributed by atoms with Crippen molar-refractivity contribution in [2.24, 2.45) is 0 Å². The van der Waals surface area contributed by atoms with Gasteiger partial charge in [0.1, 0.15) is 0 Å². The van der Waals surface area contributed by atoms with Gasteiger partial charge < -0.3 is 5.32 Å². The molecular formula is C20H27N5O2S. The Balaban J connectivity index is 1.62. The smallest absolute Gasteiger partial charge is 0.224 e. The van der Waals surface area contributed by atoms with Crippen LogP contribution in [0, 0.1) is 0 Å². The molecule has 150 valence electrons. The Morgan fingerprint density at radius 3 is 2.61 bits per heavy atom. The van der Waals surface area contributed by atoms with E-state index in [1.807, 2.05) is 18.5 Å². The van der Waals surface area contributed by atoms with Gasteiger partial charge in [0, 0.05) is 17.7 Å². The van der Waals surface area contributed by atoms with E-state index in [2.05, 4.69) is 20.8 Å². The van der Waals surface area contributed by atoms with E-state index in [4.69, 9.17) is 0 Å². The molecule has 28 heavy (non-hydrogen) atoms. The van der Waals surface area contributed by atoms with Gasteiger partial charge in [0.25, 0.3) is 0 Å². The van der Waals surface area contributed by atoms with Crippen LogP contribution in [-0.2, 0) is 4.79 Å². The normalized spacial score (nSPS) is 15.9. The second kappa shape index (κ2) is 9.82. The number of benzene rings is 1. The van der Waals surface area contributed by atoms with Crippen molar-refractivity contribution in [2.45, 2.75) is 75.2 Å². The third kappa shape index (κ3) is 5.19. The fraction of sp³-hybridized carbons (Fsp3) is 0.550. The predicted molar refractivity (Wildman–Crippen MR) is 110 cm³/mol. The number of ketones is 1. The number of carbonyl (C=O) groups excluding carboxylic acids is 2. The molecule has 3 rings (SSSR count). The van der Waals surface area contributed by atoms with Crippen LogP contribution in [-0.4, -0.2) is 37.1 Å². The lowest BCUT2D eigenvalue weighted by molar-refractivity contribution is -0.116. The highest BCUT2D eigenvalue weighted by Crippen LogP contribution is 2.32. The minimum Gasteiger partial charge on any atom is -0.326 e. The highest BCUT2D eigenvalue weighted by molar-refractivity contribution is 8.00. The molecule has 1 aromatic carbocycles. The molecule has 2 aromatic rings. The summed E-state index contributed by atoms with van der Waals surface area (Å²) < 4.78 is 1.89. The summed E-state index contributed by atoms with van der Waals surface area (Å²) in [5.41, 5.74) is 1.32. The summed E-state index contributed by atoms with van der Waals surface area (Å²) in [5, 5.41) is 15.4. The minimum atomic E-state index is -0.297. The first-order valence-electron chi connectivity index (χ1n) is 9.97. The molecule has 0 radical (unpaired) electrons. The first kappa shape index (κ1) is 20.5. The Bertz CT molecular complexity index is 799. The maximum absolute atomic E-state index is 12.8. The molecule has 0 unspecified atom stereocenters. The Morgan fingerprint density at radius 1 is 1.21 bits per heavy atom. The van der Waals surface area contributed by atoms with Gasteiger partial charge in [-0.3, -0.25) is 9.59 Å². The molecule has 1 amide bonds. The molecule has 1 heterocycles. The van der Waals surface area contributed by atoms with Crippen molar-refractivity contribution in [1.29, 1.82) is 0 Å². The van der Waals surface area contributed by atoms with Crippen LogP contribution in [0.4, 0.5) is 5.69 Å². The van der Waals surface area contributed by atoms with Gasteiger partial charge in [0.2, 0.25) is 11.1 Å². The first-order chi connectivity index (χ1) is 13.6. The molecule has 1 aliphatic carbocycles. The van der Waals surface area contributed by atoms with Crippen LogP contribution >= 0.6 is 11.8 Å². The maximum Gasteiger partial charge on any atom is 0.224 e. The lowest BCUT2D eigenvalue weighted by Gasteiger charge is -2.22. The van der Waals surface area contributed by atoms with Gasteiger partial charge in [-0.15, -0.1) is 5.10 Å². The summed E-state index contributed by atoms with van der Waals surface area (Å²) >= 11 is 1.40. The average Bonchev–Trinajstić information content (AvgIpc) is 3.17. The van der Waals surface area contributed by atoms with Crippen molar-refractivity contribution in [2.75, 3.05) is 5.32 Å². The summed E-state index contributed by atoms with van der Waals surface area (Å²) in [6.45, 7) is 3.84. The Morgan fingerprint density at radius 2 is 1.93 bits per heavy atom. The number of anilines is 1. The molecule has 7 nitrogen and oxygen atoms in total. The van der Waals surface area contributed by atoms with Crippen molar-refractivity contribution >= 4 is 29.1 Å². The van der Waals surface area contributed by atoms with E-state index in [0.717, 1.165) is 19.3 Å². The van der Waals surface area contributed by atoms with E-state index in [-0.39, 0.29) is 16.9 Å². The van der Waals surface area contributed by atoms with Gasteiger partial charge in [-0.05, 0) is 60.9 Å². The van der Waals surface area contributed by atoms with E-state index >= 15 is 0 Å². The highest BCUT2D eigenvalue weighted by Gasteiger charge is 2.24. The lowest BCUT2D eigenvalue weighted by atomic mass is 9.96. The first-order valence-corrected chi connectivity index (χ1v) is 10.8. The summed E-state index contributed by atoms with van der Waals surface area (Å²) in [7, 11) is 0. The molecule has 1 fully saturated rings. The number of rotatable bonds is 8. The Kier molecular flexibility index (Phi) is 7.19. The van der Waals surface area contributed by atoms with Crippen LogP contribution < -0.4 is 5.32 Å². The van der Waals surface area contributed by atoms with Gasteiger partial charge >= 0.3 is 0 Å². The van der Waals surface area contributed by atoms with Crippen LogP contribution in [0.5, 0.6) is 0 Å². The van der Waals surface area contributed by atoms with Gasteiger partial charge in [-0.25, -0.2) is 4.68 Å². The average molecular weight is 402 g/mol. The van der Waals surface area contributed by atoms with Crippen LogP contribution in [0.2, 0.25) is 0 Å². The summed E-state index contributed by atoms with van der Waals surface area (Å²) in [5.74, 6) is 0.00896. The fourth-order valence-electron chi connectivity index (χ4n) is 3.43. The number of aromatic nitrogens is 4. The Labute approximate surface area is 169 Å². The topological polar surface area (TPSA) is 89.8 Å². The van der Waals surface area contributed by atoms with Crippen molar-refractivity contribution < 1.29 is 9.59 Å². The van der Waals surface area contributed by atoms with E-state index in [1.54, 1.807) is 24.3 Å². The van der Waals surface area contributed by atoms with Gasteiger partial charge in [0.05, 0.1) is 11.3 Å². The predicted octanol–water partition coefficient (Wildman–Crippen LogP) is 4.28. The second-order valence-corrected chi connectivity index (χ2v) is 8.51.